The number of thiophene rings is 1. The van der Waals surface area contributed by atoms with Gasteiger partial charge in [0.25, 0.3) is 5.91 Å². The molecule has 1 heterocycles. The standard InChI is InChI=1S/C24H25N3O4S/c1-16-20(24(30)31-2)23(32-21(16)22(25)29)26-19(28)15-27(13-17-9-5-3-6-10-17)14-18-11-7-4-8-12-18/h3-12H,13-15H2,1-2H3,(H2,25,29)(H,26,28). The lowest BCUT2D eigenvalue weighted by atomic mass is 10.1. The molecule has 0 aliphatic heterocycles. The summed E-state index contributed by atoms with van der Waals surface area (Å²) in [5.41, 5.74) is 8.13. The fourth-order valence-electron chi connectivity index (χ4n) is 3.40. The highest BCUT2D eigenvalue weighted by atomic mass is 32.1. The first-order chi connectivity index (χ1) is 15.4. The average molecular weight is 452 g/mol. The van der Waals surface area contributed by atoms with Gasteiger partial charge < -0.3 is 15.8 Å². The average Bonchev–Trinajstić information content (AvgIpc) is 3.10. The van der Waals surface area contributed by atoms with E-state index in [-0.39, 0.29) is 27.9 Å². The number of methoxy groups -OCH3 is 1. The van der Waals surface area contributed by atoms with Gasteiger partial charge in [0.05, 0.1) is 24.1 Å². The fourth-order valence-corrected chi connectivity index (χ4v) is 4.47. The monoisotopic (exact) mass is 451 g/mol. The zero-order valence-electron chi connectivity index (χ0n) is 18.0. The number of primary amides is 1. The van der Waals surface area contributed by atoms with Gasteiger partial charge in [0.2, 0.25) is 5.91 Å². The zero-order valence-corrected chi connectivity index (χ0v) is 18.8. The van der Waals surface area contributed by atoms with Crippen molar-refractivity contribution in [3.8, 4) is 0 Å². The van der Waals surface area contributed by atoms with Gasteiger partial charge in [0.1, 0.15) is 5.00 Å². The second-order valence-electron chi connectivity index (χ2n) is 7.28. The number of carbonyl (C=O) groups excluding carboxylic acids is 3. The normalized spacial score (nSPS) is 10.7. The van der Waals surface area contributed by atoms with Crippen LogP contribution in [-0.4, -0.2) is 36.3 Å². The van der Waals surface area contributed by atoms with Crippen molar-refractivity contribution >= 4 is 34.1 Å². The lowest BCUT2D eigenvalue weighted by molar-refractivity contribution is -0.117. The molecule has 1 aromatic heterocycles. The van der Waals surface area contributed by atoms with Crippen LogP contribution in [0.3, 0.4) is 0 Å². The Morgan fingerprint density at radius 3 is 1.97 bits per heavy atom. The molecule has 3 rings (SSSR count). The summed E-state index contributed by atoms with van der Waals surface area (Å²) in [6.07, 6.45) is 0. The minimum atomic E-state index is -0.659. The Balaban J connectivity index is 1.81. The third kappa shape index (κ3) is 5.81. The molecule has 32 heavy (non-hydrogen) atoms. The van der Waals surface area contributed by atoms with Crippen LogP contribution in [0.5, 0.6) is 0 Å². The first-order valence-electron chi connectivity index (χ1n) is 10.0. The molecular weight excluding hydrogens is 426 g/mol. The Morgan fingerprint density at radius 2 is 1.50 bits per heavy atom. The van der Waals surface area contributed by atoms with E-state index in [0.717, 1.165) is 22.5 Å². The molecule has 7 nitrogen and oxygen atoms in total. The van der Waals surface area contributed by atoms with E-state index in [4.69, 9.17) is 10.5 Å². The summed E-state index contributed by atoms with van der Waals surface area (Å²) in [6, 6.07) is 19.7. The molecule has 0 saturated heterocycles. The van der Waals surface area contributed by atoms with E-state index in [0.29, 0.717) is 18.7 Å². The molecule has 0 saturated carbocycles. The molecule has 0 radical (unpaired) electrons. The second kappa shape index (κ2) is 10.7. The van der Waals surface area contributed by atoms with Crippen LogP contribution < -0.4 is 11.1 Å². The molecule has 166 valence electrons. The van der Waals surface area contributed by atoms with Crippen LogP contribution >= 0.6 is 11.3 Å². The highest BCUT2D eigenvalue weighted by Crippen LogP contribution is 2.33. The molecule has 0 fully saturated rings. The molecule has 0 spiro atoms. The number of hydrogen-bond acceptors (Lipinski definition) is 6. The van der Waals surface area contributed by atoms with E-state index < -0.39 is 11.9 Å². The first-order valence-corrected chi connectivity index (χ1v) is 10.8. The lowest BCUT2D eigenvalue weighted by Gasteiger charge is -2.22. The summed E-state index contributed by atoms with van der Waals surface area (Å²) in [5, 5.41) is 3.03. The van der Waals surface area contributed by atoms with Gasteiger partial charge in [-0.3, -0.25) is 14.5 Å². The number of amides is 2. The Kier molecular flexibility index (Phi) is 7.75. The quantitative estimate of drug-likeness (QED) is 0.484. The number of ether oxygens (including phenoxy) is 1. The van der Waals surface area contributed by atoms with Crippen LogP contribution in [0.4, 0.5) is 5.00 Å². The van der Waals surface area contributed by atoms with Crippen molar-refractivity contribution in [1.82, 2.24) is 4.90 Å². The number of nitrogens with one attached hydrogen (secondary N) is 1. The van der Waals surface area contributed by atoms with Gasteiger partial charge in [-0.05, 0) is 23.6 Å². The van der Waals surface area contributed by atoms with E-state index >= 15 is 0 Å². The number of nitrogens with two attached hydrogens (primary N) is 1. The number of rotatable bonds is 9. The van der Waals surface area contributed by atoms with E-state index in [1.807, 2.05) is 65.6 Å². The van der Waals surface area contributed by atoms with Crippen molar-refractivity contribution in [1.29, 1.82) is 0 Å². The van der Waals surface area contributed by atoms with Crippen LogP contribution in [0.2, 0.25) is 0 Å². The largest absolute Gasteiger partial charge is 0.465 e. The summed E-state index contributed by atoms with van der Waals surface area (Å²) >= 11 is 0.975. The van der Waals surface area contributed by atoms with Crippen LogP contribution in [0.25, 0.3) is 0 Å². The van der Waals surface area contributed by atoms with Crippen LogP contribution in [-0.2, 0) is 22.6 Å². The van der Waals surface area contributed by atoms with Gasteiger partial charge in [-0.15, -0.1) is 11.3 Å². The van der Waals surface area contributed by atoms with Crippen LogP contribution in [0, 0.1) is 6.92 Å². The van der Waals surface area contributed by atoms with Crippen molar-refractivity contribution in [3.63, 3.8) is 0 Å². The minimum absolute atomic E-state index is 0.0905. The summed E-state index contributed by atoms with van der Waals surface area (Å²) in [5.74, 6) is -1.60. The highest BCUT2D eigenvalue weighted by Gasteiger charge is 2.25. The zero-order chi connectivity index (χ0) is 23.1. The second-order valence-corrected chi connectivity index (χ2v) is 8.30. The van der Waals surface area contributed by atoms with Gasteiger partial charge >= 0.3 is 5.97 Å². The van der Waals surface area contributed by atoms with Crippen molar-refractivity contribution in [2.45, 2.75) is 20.0 Å². The maximum Gasteiger partial charge on any atom is 0.341 e. The van der Waals surface area contributed by atoms with E-state index in [1.54, 1.807) is 6.92 Å². The SMILES string of the molecule is COC(=O)c1c(NC(=O)CN(Cc2ccccc2)Cc2ccccc2)sc(C(N)=O)c1C. The molecular formula is C24H25N3O4S. The van der Waals surface area contributed by atoms with Gasteiger partial charge in [0.15, 0.2) is 0 Å². The topological polar surface area (TPSA) is 102 Å². The molecule has 8 heteroatoms. The van der Waals surface area contributed by atoms with Gasteiger partial charge in [-0.1, -0.05) is 60.7 Å². The molecule has 0 unspecified atom stereocenters. The summed E-state index contributed by atoms with van der Waals surface area (Å²) < 4.78 is 4.83. The number of anilines is 1. The molecule has 0 aliphatic carbocycles. The number of benzene rings is 2. The van der Waals surface area contributed by atoms with Crippen molar-refractivity contribution < 1.29 is 19.1 Å². The van der Waals surface area contributed by atoms with E-state index in [9.17, 15) is 14.4 Å². The summed E-state index contributed by atoms with van der Waals surface area (Å²) in [4.78, 5) is 39.1. The maximum absolute atomic E-state index is 12.9. The van der Waals surface area contributed by atoms with E-state index in [1.165, 1.54) is 7.11 Å². The summed E-state index contributed by atoms with van der Waals surface area (Å²) in [6.45, 7) is 2.84. The molecule has 2 amide bonds. The Morgan fingerprint density at radius 1 is 0.969 bits per heavy atom. The van der Waals surface area contributed by atoms with Gasteiger partial charge in [0, 0.05) is 13.1 Å². The number of hydrogen-bond donors (Lipinski definition) is 2. The third-order valence-electron chi connectivity index (χ3n) is 4.88. The Bertz CT molecular complexity index is 1060. The van der Waals surface area contributed by atoms with Gasteiger partial charge in [-0.2, -0.15) is 0 Å². The molecule has 0 aliphatic rings. The lowest BCUT2D eigenvalue weighted by Crippen LogP contribution is -2.32. The molecule has 2 aromatic carbocycles. The molecule has 0 bridgehead atoms. The van der Waals surface area contributed by atoms with Crippen molar-refractivity contribution in [2.75, 3.05) is 19.0 Å². The fraction of sp³-hybridized carbons (Fsp3) is 0.208. The number of esters is 1. The third-order valence-corrected chi connectivity index (χ3v) is 6.10. The highest BCUT2D eigenvalue weighted by molar-refractivity contribution is 7.18. The minimum Gasteiger partial charge on any atom is -0.465 e. The van der Waals surface area contributed by atoms with Crippen LogP contribution in [0.15, 0.2) is 60.7 Å². The Labute approximate surface area is 190 Å². The smallest absolute Gasteiger partial charge is 0.341 e. The van der Waals surface area contributed by atoms with Gasteiger partial charge in [-0.25, -0.2) is 4.79 Å². The predicted molar refractivity (Wildman–Crippen MR) is 125 cm³/mol. The maximum atomic E-state index is 12.9. The van der Waals surface area contributed by atoms with Crippen molar-refractivity contribution in [3.05, 3.63) is 87.8 Å². The number of nitrogens with zero attached hydrogens (tertiary/aromatic N) is 1. The number of carbonyl (C=O) groups is 3. The van der Waals surface area contributed by atoms with E-state index in [2.05, 4.69) is 5.32 Å². The van der Waals surface area contributed by atoms with Crippen LogP contribution in [0.1, 0.15) is 36.7 Å². The molecule has 3 aromatic rings. The first kappa shape index (κ1) is 23.2. The summed E-state index contributed by atoms with van der Waals surface area (Å²) in [7, 11) is 1.25. The predicted octanol–water partition coefficient (Wildman–Crippen LogP) is 3.58. The molecule has 0 atom stereocenters. The Hall–Kier alpha value is -3.49. The van der Waals surface area contributed by atoms with Crippen molar-refractivity contribution in [2.24, 2.45) is 5.73 Å². The molecule has 3 N–H and O–H groups in total.